The summed E-state index contributed by atoms with van der Waals surface area (Å²) in [5.74, 6) is 0. The molecule has 1 N–H and O–H groups in total. The average molecular weight is 96.1 g/mol. The van der Waals surface area contributed by atoms with Gasteiger partial charge in [-0.1, -0.05) is 6.07 Å². The van der Waals surface area contributed by atoms with Gasteiger partial charge in [0.15, 0.2) is 0 Å². The molecule has 0 aliphatic heterocycles. The van der Waals surface area contributed by atoms with E-state index >= 15 is 0 Å². The topological polar surface area (TPSA) is 32.9 Å². The third-order valence-electron chi connectivity index (χ3n) is 0.629. The van der Waals surface area contributed by atoms with Gasteiger partial charge in [-0.2, -0.15) is 0 Å². The van der Waals surface area contributed by atoms with Crippen LogP contribution >= 0.6 is 0 Å². The molecule has 0 unspecified atom stereocenters. The maximum absolute atomic E-state index is 10.3. The van der Waals surface area contributed by atoms with E-state index in [1.54, 1.807) is 0 Å². The summed E-state index contributed by atoms with van der Waals surface area (Å²) in [6.07, 6.45) is 1.35. The largest absolute Gasteiger partial charge is 0.329 e. The Hall–Kier alpha value is -1.05. The first-order valence-corrected chi connectivity index (χ1v) is 1.94. The fourth-order valence-corrected chi connectivity index (χ4v) is 0.333. The molecular formula is C5H5NO. The Morgan fingerprint density at radius 3 is 3.14 bits per heavy atom. The van der Waals surface area contributed by atoms with Crippen LogP contribution in [0.25, 0.3) is 0 Å². The highest BCUT2D eigenvalue weighted by Crippen LogP contribution is 1.67. The first-order chi connectivity index (χ1) is 3.79. The number of rotatable bonds is 0. The molecule has 1 aromatic rings. The van der Waals surface area contributed by atoms with Crippen LogP contribution in [0.5, 0.6) is 0 Å². The van der Waals surface area contributed by atoms with E-state index < -0.39 is 0 Å². The zero-order valence-corrected chi connectivity index (χ0v) is 3.64. The van der Waals surface area contributed by atoms with Crippen LogP contribution in [0, 0.1) is 0 Å². The van der Waals surface area contributed by atoms with Gasteiger partial charge in [0.1, 0.15) is 0 Å². The lowest BCUT2D eigenvalue weighted by atomic mass is 10.5. The molecule has 0 aromatic carbocycles. The molecule has 1 aromatic heterocycles. The Balaban J connectivity index is 3.22. The Morgan fingerprint density at radius 2 is 2.71 bits per heavy atom. The summed E-state index contributed by atoms with van der Waals surface area (Å²) in [7, 11) is 0. The third-order valence-corrected chi connectivity index (χ3v) is 0.629. The fraction of sp³-hybridized carbons (Fsp3) is 0. The lowest BCUT2D eigenvalue weighted by Gasteiger charge is -1.73. The van der Waals surface area contributed by atoms with Crippen LogP contribution in [-0.4, -0.2) is 4.98 Å². The Labute approximate surface area is 42.2 Å². The van der Waals surface area contributed by atoms with Gasteiger partial charge in [0.25, 0.3) is 0 Å². The van der Waals surface area contributed by atoms with Crippen molar-refractivity contribution in [1.82, 2.24) is 4.98 Å². The van der Waals surface area contributed by atoms with Crippen molar-refractivity contribution >= 4 is 0 Å². The van der Waals surface area contributed by atoms with Crippen molar-refractivity contribution in [2.24, 2.45) is 0 Å². The summed E-state index contributed by atoms with van der Waals surface area (Å²) < 4.78 is 6.92. The van der Waals surface area contributed by atoms with Gasteiger partial charge in [0.05, 0.1) is 1.37 Å². The highest BCUT2D eigenvalue weighted by Gasteiger charge is 1.69. The number of H-pyrrole nitrogens is 1. The van der Waals surface area contributed by atoms with Gasteiger partial charge >= 0.3 is 0 Å². The van der Waals surface area contributed by atoms with Crippen LogP contribution in [0.1, 0.15) is 1.37 Å². The van der Waals surface area contributed by atoms with Crippen molar-refractivity contribution in [3.8, 4) is 0 Å². The molecule has 0 fully saturated rings. The van der Waals surface area contributed by atoms with Gasteiger partial charge in [0, 0.05) is 12.3 Å². The summed E-state index contributed by atoms with van der Waals surface area (Å²) >= 11 is 0. The van der Waals surface area contributed by atoms with Gasteiger partial charge in [0.2, 0.25) is 5.56 Å². The number of aromatic nitrogens is 1. The average Bonchev–Trinajstić information content (AvgIpc) is 1.77. The normalized spacial score (nSPS) is 10.6. The van der Waals surface area contributed by atoms with Crippen LogP contribution < -0.4 is 5.56 Å². The molecule has 1 rings (SSSR count). The predicted octanol–water partition coefficient (Wildman–Crippen LogP) is 0.375. The molecule has 0 atom stereocenters. The molecule has 2 heteroatoms. The van der Waals surface area contributed by atoms with Gasteiger partial charge in [-0.05, 0) is 6.04 Å². The Bertz CT molecular complexity index is 210. The quantitative estimate of drug-likeness (QED) is 0.497. The zero-order valence-electron chi connectivity index (χ0n) is 4.64. The van der Waals surface area contributed by atoms with Crippen molar-refractivity contribution in [2.75, 3.05) is 0 Å². The molecular weight excluding hydrogens is 90.1 g/mol. The van der Waals surface area contributed by atoms with Gasteiger partial charge in [-0.3, -0.25) is 4.79 Å². The molecule has 7 heavy (non-hydrogen) atoms. The maximum Gasteiger partial charge on any atom is 0.247 e. The molecule has 0 aliphatic carbocycles. The van der Waals surface area contributed by atoms with Crippen molar-refractivity contribution in [3.05, 3.63) is 34.7 Å². The van der Waals surface area contributed by atoms with Crippen molar-refractivity contribution < 1.29 is 1.37 Å². The SMILES string of the molecule is [2H]c1ccc(=O)[nH]c1. The molecule has 0 amide bonds. The minimum absolute atomic E-state index is 0.166. The molecule has 36 valence electrons. The zero-order chi connectivity index (χ0) is 5.98. The van der Waals surface area contributed by atoms with Crippen molar-refractivity contribution in [1.29, 1.82) is 0 Å². The number of pyridine rings is 1. The number of hydrogen-bond acceptors (Lipinski definition) is 1. The molecule has 0 radical (unpaired) electrons. The van der Waals surface area contributed by atoms with Gasteiger partial charge in [-0.15, -0.1) is 0 Å². The van der Waals surface area contributed by atoms with E-state index in [1.165, 1.54) is 18.3 Å². The maximum atomic E-state index is 10.3. The minimum atomic E-state index is -0.166. The van der Waals surface area contributed by atoms with Gasteiger partial charge < -0.3 is 4.98 Å². The third kappa shape index (κ3) is 0.892. The first kappa shape index (κ1) is 3.02. The summed E-state index contributed by atoms with van der Waals surface area (Å²) in [4.78, 5) is 12.6. The monoisotopic (exact) mass is 96.0 g/mol. The van der Waals surface area contributed by atoms with E-state index in [-0.39, 0.29) is 5.56 Å². The van der Waals surface area contributed by atoms with E-state index in [2.05, 4.69) is 4.98 Å². The van der Waals surface area contributed by atoms with E-state index in [4.69, 9.17) is 1.37 Å². The number of nitrogens with one attached hydrogen (secondary N) is 1. The lowest BCUT2D eigenvalue weighted by Crippen LogP contribution is -1.98. The molecule has 0 saturated carbocycles. The second-order valence-electron chi connectivity index (χ2n) is 1.15. The predicted molar refractivity (Wildman–Crippen MR) is 27.1 cm³/mol. The lowest BCUT2D eigenvalue weighted by molar-refractivity contribution is 1.24. The standard InChI is InChI=1S/C5H5NO/c7-5-3-1-2-4-6-5/h1-4H,(H,6,7)/i2D. The van der Waals surface area contributed by atoms with E-state index in [0.29, 0.717) is 6.04 Å². The van der Waals surface area contributed by atoms with E-state index in [1.807, 2.05) is 0 Å². The summed E-state index contributed by atoms with van der Waals surface area (Å²) in [5, 5.41) is 0. The smallest absolute Gasteiger partial charge is 0.247 e. The van der Waals surface area contributed by atoms with Crippen molar-refractivity contribution in [3.63, 3.8) is 0 Å². The second-order valence-corrected chi connectivity index (χ2v) is 1.15. The highest BCUT2D eigenvalue weighted by atomic mass is 16.1. The minimum Gasteiger partial charge on any atom is -0.329 e. The van der Waals surface area contributed by atoms with Crippen LogP contribution in [0.3, 0.4) is 0 Å². The molecule has 0 bridgehead atoms. The van der Waals surface area contributed by atoms with Crippen LogP contribution in [0.15, 0.2) is 29.2 Å². The summed E-state index contributed by atoms with van der Waals surface area (Å²) in [6, 6.07) is 3.09. The van der Waals surface area contributed by atoms with Crippen LogP contribution in [0.4, 0.5) is 0 Å². The molecule has 1 heterocycles. The van der Waals surface area contributed by atoms with Crippen LogP contribution in [0.2, 0.25) is 0 Å². The first-order valence-electron chi connectivity index (χ1n) is 2.44. The highest BCUT2D eigenvalue weighted by molar-refractivity contribution is 4.89. The molecule has 0 spiro atoms. The fourth-order valence-electron chi connectivity index (χ4n) is 0.333. The van der Waals surface area contributed by atoms with Crippen molar-refractivity contribution in [2.45, 2.75) is 0 Å². The van der Waals surface area contributed by atoms with Crippen LogP contribution in [-0.2, 0) is 0 Å². The molecule has 0 saturated heterocycles. The number of hydrogen-bond donors (Lipinski definition) is 1. The molecule has 0 aliphatic rings. The van der Waals surface area contributed by atoms with Gasteiger partial charge in [-0.25, -0.2) is 0 Å². The molecule has 2 nitrogen and oxygen atoms in total. The number of aromatic amines is 1. The summed E-state index contributed by atoms with van der Waals surface area (Å²) in [5.41, 5.74) is -0.166. The van der Waals surface area contributed by atoms with E-state index in [0.717, 1.165) is 0 Å². The second kappa shape index (κ2) is 1.60. The van der Waals surface area contributed by atoms with E-state index in [9.17, 15) is 4.79 Å². The summed E-state index contributed by atoms with van der Waals surface area (Å²) in [6.45, 7) is 0. The Morgan fingerprint density at radius 1 is 1.86 bits per heavy atom. The Kier molecular flexibility index (Phi) is 0.689.